The van der Waals surface area contributed by atoms with Gasteiger partial charge >= 0.3 is 0 Å². The molecule has 4 rings (SSSR count). The highest BCUT2D eigenvalue weighted by molar-refractivity contribution is 7.80. The van der Waals surface area contributed by atoms with Gasteiger partial charge in [-0.2, -0.15) is 0 Å². The summed E-state index contributed by atoms with van der Waals surface area (Å²) in [7, 11) is 0. The highest BCUT2D eigenvalue weighted by Crippen LogP contribution is 2.24. The standard InChI is InChI=1S/C23H21ClFN3OS/c1-15-20(21-13-17(25)6-9-22(21)26-15)10-11-28(14-19-3-2-12-29-19)23(30)27-18-7-4-16(24)5-8-18/h2-9,12-13,26H,10-11,14H2,1H3,(H,27,30). The number of nitrogens with zero attached hydrogens (tertiary/aromatic N) is 1. The Morgan fingerprint density at radius 1 is 1.20 bits per heavy atom. The van der Waals surface area contributed by atoms with E-state index in [-0.39, 0.29) is 5.82 Å². The third kappa shape index (κ3) is 4.66. The van der Waals surface area contributed by atoms with Crippen LogP contribution in [0.1, 0.15) is 17.0 Å². The highest BCUT2D eigenvalue weighted by Gasteiger charge is 2.16. The molecule has 0 atom stereocenters. The van der Waals surface area contributed by atoms with Crippen molar-refractivity contribution in [2.45, 2.75) is 19.9 Å². The molecule has 30 heavy (non-hydrogen) atoms. The van der Waals surface area contributed by atoms with Crippen molar-refractivity contribution in [3.8, 4) is 0 Å². The average molecular weight is 442 g/mol. The summed E-state index contributed by atoms with van der Waals surface area (Å²) < 4.78 is 19.3. The zero-order valence-electron chi connectivity index (χ0n) is 16.4. The molecular weight excluding hydrogens is 421 g/mol. The van der Waals surface area contributed by atoms with Crippen molar-refractivity contribution in [1.82, 2.24) is 9.88 Å². The number of anilines is 1. The van der Waals surface area contributed by atoms with Crippen LogP contribution < -0.4 is 5.32 Å². The Morgan fingerprint density at radius 2 is 2.00 bits per heavy atom. The lowest BCUT2D eigenvalue weighted by Gasteiger charge is -2.25. The van der Waals surface area contributed by atoms with Gasteiger partial charge in [-0.05, 0) is 85.7 Å². The lowest BCUT2D eigenvalue weighted by atomic mass is 10.1. The van der Waals surface area contributed by atoms with Crippen molar-refractivity contribution < 1.29 is 8.81 Å². The Hall–Kier alpha value is -2.83. The predicted molar refractivity (Wildman–Crippen MR) is 123 cm³/mol. The third-order valence-corrected chi connectivity index (χ3v) is 5.64. The molecule has 2 heterocycles. The van der Waals surface area contributed by atoms with E-state index in [0.717, 1.165) is 33.6 Å². The van der Waals surface area contributed by atoms with Crippen LogP contribution in [-0.2, 0) is 13.0 Å². The maximum atomic E-state index is 13.8. The number of H-pyrrole nitrogens is 1. The normalized spacial score (nSPS) is 11.0. The van der Waals surface area contributed by atoms with Crippen LogP contribution in [0.2, 0.25) is 5.02 Å². The predicted octanol–water partition coefficient (Wildman–Crippen LogP) is 6.30. The first-order chi connectivity index (χ1) is 14.5. The van der Waals surface area contributed by atoms with Crippen molar-refractivity contribution in [3.05, 3.63) is 88.7 Å². The lowest BCUT2D eigenvalue weighted by Crippen LogP contribution is -2.35. The summed E-state index contributed by atoms with van der Waals surface area (Å²) in [6, 6.07) is 16.0. The number of benzene rings is 2. The first kappa shape index (κ1) is 20.4. The Kier molecular flexibility index (Phi) is 6.06. The van der Waals surface area contributed by atoms with Crippen LogP contribution in [0.3, 0.4) is 0 Å². The van der Waals surface area contributed by atoms with E-state index in [1.54, 1.807) is 18.4 Å². The molecule has 7 heteroatoms. The third-order valence-electron chi connectivity index (χ3n) is 5.02. The van der Waals surface area contributed by atoms with Gasteiger partial charge in [0.05, 0.1) is 12.8 Å². The summed E-state index contributed by atoms with van der Waals surface area (Å²) in [5.41, 5.74) is 3.91. The molecule has 2 aromatic carbocycles. The minimum absolute atomic E-state index is 0.241. The molecule has 0 radical (unpaired) electrons. The Balaban J connectivity index is 1.54. The van der Waals surface area contributed by atoms with E-state index < -0.39 is 0 Å². The van der Waals surface area contributed by atoms with Gasteiger partial charge in [0.15, 0.2) is 5.11 Å². The van der Waals surface area contributed by atoms with E-state index in [2.05, 4.69) is 10.3 Å². The smallest absolute Gasteiger partial charge is 0.173 e. The summed E-state index contributed by atoms with van der Waals surface area (Å²) in [6.07, 6.45) is 2.36. The molecule has 0 aliphatic heterocycles. The van der Waals surface area contributed by atoms with Crippen LogP contribution in [-0.4, -0.2) is 21.5 Å². The number of rotatable bonds is 6. The molecule has 0 spiro atoms. The Bertz CT molecular complexity index is 1160. The number of hydrogen-bond donors (Lipinski definition) is 2. The number of hydrogen-bond acceptors (Lipinski definition) is 2. The van der Waals surface area contributed by atoms with Crippen molar-refractivity contribution in [2.24, 2.45) is 0 Å². The van der Waals surface area contributed by atoms with Crippen LogP contribution in [0.15, 0.2) is 65.3 Å². The van der Waals surface area contributed by atoms with Crippen LogP contribution in [0.5, 0.6) is 0 Å². The number of thiocarbonyl (C=S) groups is 1. The van der Waals surface area contributed by atoms with Crippen molar-refractivity contribution in [1.29, 1.82) is 0 Å². The SMILES string of the molecule is Cc1[nH]c2ccc(F)cc2c1CCN(Cc1ccco1)C(=S)Nc1ccc(Cl)cc1. The molecule has 0 saturated carbocycles. The molecule has 0 amide bonds. The van der Waals surface area contributed by atoms with Gasteiger partial charge in [-0.3, -0.25) is 0 Å². The van der Waals surface area contributed by atoms with Gasteiger partial charge in [0, 0.05) is 33.9 Å². The molecule has 2 N–H and O–H groups in total. The lowest BCUT2D eigenvalue weighted by molar-refractivity contribution is 0.368. The summed E-state index contributed by atoms with van der Waals surface area (Å²) in [4.78, 5) is 5.38. The zero-order valence-corrected chi connectivity index (χ0v) is 18.0. The summed E-state index contributed by atoms with van der Waals surface area (Å²) >= 11 is 11.7. The first-order valence-corrected chi connectivity index (χ1v) is 10.4. The molecular formula is C23H21ClFN3OS. The molecule has 0 saturated heterocycles. The van der Waals surface area contributed by atoms with E-state index in [0.29, 0.717) is 29.6 Å². The number of nitrogens with one attached hydrogen (secondary N) is 2. The number of aromatic nitrogens is 1. The molecule has 4 nitrogen and oxygen atoms in total. The molecule has 0 unspecified atom stereocenters. The monoisotopic (exact) mass is 441 g/mol. The molecule has 0 aliphatic rings. The minimum Gasteiger partial charge on any atom is -0.467 e. The second kappa shape index (κ2) is 8.90. The Labute approximate surface area is 184 Å². The highest BCUT2D eigenvalue weighted by atomic mass is 35.5. The van der Waals surface area contributed by atoms with Gasteiger partial charge in [0.1, 0.15) is 11.6 Å². The van der Waals surface area contributed by atoms with Crippen LogP contribution >= 0.6 is 23.8 Å². The maximum Gasteiger partial charge on any atom is 0.173 e. The average Bonchev–Trinajstić information content (AvgIpc) is 3.34. The number of aryl methyl sites for hydroxylation is 1. The number of fused-ring (bicyclic) bond motifs is 1. The molecule has 154 valence electrons. The largest absolute Gasteiger partial charge is 0.467 e. The van der Waals surface area contributed by atoms with Crippen molar-refractivity contribution in [2.75, 3.05) is 11.9 Å². The van der Waals surface area contributed by atoms with Gasteiger partial charge < -0.3 is 19.6 Å². The van der Waals surface area contributed by atoms with Crippen molar-refractivity contribution >= 4 is 45.5 Å². The second-order valence-electron chi connectivity index (χ2n) is 7.11. The zero-order chi connectivity index (χ0) is 21.1. The van der Waals surface area contributed by atoms with Crippen LogP contribution in [0.25, 0.3) is 10.9 Å². The van der Waals surface area contributed by atoms with Crippen LogP contribution in [0.4, 0.5) is 10.1 Å². The quantitative estimate of drug-likeness (QED) is 0.344. The van der Waals surface area contributed by atoms with Gasteiger partial charge in [-0.15, -0.1) is 0 Å². The summed E-state index contributed by atoms with van der Waals surface area (Å²) in [6.45, 7) is 3.18. The molecule has 2 aromatic heterocycles. The second-order valence-corrected chi connectivity index (χ2v) is 7.93. The fourth-order valence-corrected chi connectivity index (χ4v) is 3.90. The van der Waals surface area contributed by atoms with E-state index in [9.17, 15) is 4.39 Å². The summed E-state index contributed by atoms with van der Waals surface area (Å²) in [5.74, 6) is 0.576. The van der Waals surface area contributed by atoms with E-state index in [1.807, 2.05) is 48.2 Å². The number of halogens is 2. The van der Waals surface area contributed by atoms with Gasteiger partial charge in [-0.25, -0.2) is 4.39 Å². The minimum atomic E-state index is -0.241. The fraction of sp³-hybridized carbons (Fsp3) is 0.174. The van der Waals surface area contributed by atoms with Gasteiger partial charge in [0.25, 0.3) is 0 Å². The molecule has 4 aromatic rings. The van der Waals surface area contributed by atoms with Gasteiger partial charge in [0.2, 0.25) is 0 Å². The molecule has 0 bridgehead atoms. The first-order valence-electron chi connectivity index (χ1n) is 9.60. The van der Waals surface area contributed by atoms with Gasteiger partial charge in [-0.1, -0.05) is 11.6 Å². The number of furan rings is 1. The Morgan fingerprint density at radius 3 is 2.73 bits per heavy atom. The van der Waals surface area contributed by atoms with E-state index in [4.69, 9.17) is 28.2 Å². The maximum absolute atomic E-state index is 13.8. The topological polar surface area (TPSA) is 44.2 Å². The molecule has 0 aliphatic carbocycles. The fourth-order valence-electron chi connectivity index (χ4n) is 3.50. The van der Waals surface area contributed by atoms with Crippen molar-refractivity contribution in [3.63, 3.8) is 0 Å². The van der Waals surface area contributed by atoms with E-state index in [1.165, 1.54) is 6.07 Å². The summed E-state index contributed by atoms with van der Waals surface area (Å²) in [5, 5.41) is 5.42. The van der Waals surface area contributed by atoms with E-state index >= 15 is 0 Å². The number of aromatic amines is 1. The van der Waals surface area contributed by atoms with Crippen LogP contribution in [0, 0.1) is 12.7 Å². The molecule has 0 fully saturated rings.